The number of nitrogens with zero attached hydrogens (tertiary/aromatic N) is 3. The van der Waals surface area contributed by atoms with Crippen molar-refractivity contribution < 1.29 is 13.6 Å². The molecule has 1 fully saturated rings. The number of hydrogen-bond acceptors (Lipinski definition) is 3. The Hall–Kier alpha value is -1.53. The van der Waals surface area contributed by atoms with E-state index in [-0.39, 0.29) is 23.9 Å². The molecule has 2 N–H and O–H groups in total. The summed E-state index contributed by atoms with van der Waals surface area (Å²) in [4.78, 5) is 10.8. The number of carbonyl (C=O) groups excluding carboxylic acids is 1. The summed E-state index contributed by atoms with van der Waals surface area (Å²) in [6.45, 7) is 0. The number of alkyl halides is 2. The van der Waals surface area contributed by atoms with Gasteiger partial charge < -0.3 is 5.73 Å². The molecule has 0 saturated heterocycles. The SMILES string of the molecule is NC(=O)Cc1nnn(C2CCCCC2)c1C(F)F. The van der Waals surface area contributed by atoms with Gasteiger partial charge in [0.25, 0.3) is 6.43 Å². The van der Waals surface area contributed by atoms with Crippen LogP contribution in [0.3, 0.4) is 0 Å². The molecule has 1 aliphatic rings. The van der Waals surface area contributed by atoms with Crippen LogP contribution in [-0.4, -0.2) is 20.9 Å². The second kappa shape index (κ2) is 5.41. The summed E-state index contributed by atoms with van der Waals surface area (Å²) in [5.74, 6) is -0.674. The van der Waals surface area contributed by atoms with Crippen LogP contribution < -0.4 is 5.73 Å². The van der Waals surface area contributed by atoms with E-state index in [1.165, 1.54) is 4.68 Å². The normalized spacial score (nSPS) is 17.3. The molecule has 0 aliphatic heterocycles. The summed E-state index contributed by atoms with van der Waals surface area (Å²) in [5, 5.41) is 7.48. The van der Waals surface area contributed by atoms with Crippen molar-refractivity contribution in [2.24, 2.45) is 5.73 Å². The number of hydrogen-bond donors (Lipinski definition) is 1. The van der Waals surface area contributed by atoms with Crippen molar-refractivity contribution >= 4 is 5.91 Å². The first-order valence-electron chi connectivity index (χ1n) is 6.10. The average molecular weight is 258 g/mol. The minimum atomic E-state index is -2.68. The first-order chi connectivity index (χ1) is 8.59. The quantitative estimate of drug-likeness (QED) is 0.894. The van der Waals surface area contributed by atoms with Gasteiger partial charge in [-0.2, -0.15) is 0 Å². The molecular weight excluding hydrogens is 242 g/mol. The van der Waals surface area contributed by atoms with Crippen molar-refractivity contribution in [1.29, 1.82) is 0 Å². The van der Waals surface area contributed by atoms with Crippen molar-refractivity contribution in [1.82, 2.24) is 15.0 Å². The zero-order valence-electron chi connectivity index (χ0n) is 9.98. The summed E-state index contributed by atoms with van der Waals surface area (Å²) in [6, 6.07) is -0.0307. The molecule has 2 rings (SSSR count). The van der Waals surface area contributed by atoms with Gasteiger partial charge in [-0.1, -0.05) is 24.5 Å². The lowest BCUT2D eigenvalue weighted by atomic mass is 9.95. The zero-order chi connectivity index (χ0) is 13.1. The highest BCUT2D eigenvalue weighted by Crippen LogP contribution is 2.32. The second-order valence-corrected chi connectivity index (χ2v) is 4.60. The lowest BCUT2D eigenvalue weighted by Gasteiger charge is -2.23. The van der Waals surface area contributed by atoms with Crippen molar-refractivity contribution in [3.8, 4) is 0 Å². The summed E-state index contributed by atoms with van der Waals surface area (Å²) < 4.78 is 27.4. The smallest absolute Gasteiger partial charge is 0.281 e. The highest BCUT2D eigenvalue weighted by atomic mass is 19.3. The van der Waals surface area contributed by atoms with E-state index < -0.39 is 12.3 Å². The monoisotopic (exact) mass is 258 g/mol. The van der Waals surface area contributed by atoms with Crippen LogP contribution in [0, 0.1) is 0 Å². The fraction of sp³-hybridized carbons (Fsp3) is 0.727. The molecule has 0 aromatic carbocycles. The molecular formula is C11H16F2N4O. The molecule has 1 aromatic rings. The van der Waals surface area contributed by atoms with Crippen LogP contribution in [0.1, 0.15) is 56.0 Å². The second-order valence-electron chi connectivity index (χ2n) is 4.60. The van der Waals surface area contributed by atoms with Crippen LogP contribution in [-0.2, 0) is 11.2 Å². The third-order valence-electron chi connectivity index (χ3n) is 3.27. The van der Waals surface area contributed by atoms with Crippen LogP contribution >= 0.6 is 0 Å². The summed E-state index contributed by atoms with van der Waals surface area (Å²) in [5.41, 5.74) is 4.77. The zero-order valence-corrected chi connectivity index (χ0v) is 9.98. The standard InChI is InChI=1S/C11H16F2N4O/c12-11(13)10-8(6-9(14)18)15-16-17(10)7-4-2-1-3-5-7/h7,11H,1-6H2,(H2,14,18). The van der Waals surface area contributed by atoms with Gasteiger partial charge in [0.05, 0.1) is 12.5 Å². The van der Waals surface area contributed by atoms with E-state index in [4.69, 9.17) is 5.73 Å². The van der Waals surface area contributed by atoms with Gasteiger partial charge in [-0.25, -0.2) is 13.5 Å². The van der Waals surface area contributed by atoms with Gasteiger partial charge in [0.1, 0.15) is 11.4 Å². The number of rotatable bonds is 4. The molecule has 100 valence electrons. The third kappa shape index (κ3) is 2.65. The molecule has 1 amide bonds. The Kier molecular flexibility index (Phi) is 3.88. The third-order valence-corrected chi connectivity index (χ3v) is 3.27. The number of halogens is 2. The molecule has 0 spiro atoms. The fourth-order valence-corrected chi connectivity index (χ4v) is 2.45. The Morgan fingerprint density at radius 2 is 2.06 bits per heavy atom. The Balaban J connectivity index is 2.28. The largest absolute Gasteiger partial charge is 0.369 e. The number of nitrogens with two attached hydrogens (primary N) is 1. The van der Waals surface area contributed by atoms with Gasteiger partial charge >= 0.3 is 0 Å². The number of primary amides is 1. The van der Waals surface area contributed by atoms with Crippen molar-refractivity contribution in [2.45, 2.75) is 51.0 Å². The lowest BCUT2D eigenvalue weighted by molar-refractivity contribution is -0.117. The summed E-state index contributed by atoms with van der Waals surface area (Å²) in [6.07, 6.45) is 1.85. The maximum Gasteiger partial charge on any atom is 0.281 e. The van der Waals surface area contributed by atoms with Crippen LogP contribution in [0.15, 0.2) is 0 Å². The van der Waals surface area contributed by atoms with Crippen LogP contribution in [0.25, 0.3) is 0 Å². The van der Waals surface area contributed by atoms with Gasteiger partial charge in [-0.05, 0) is 12.8 Å². The minimum absolute atomic E-state index is 0.00285. The van der Waals surface area contributed by atoms with E-state index in [0.717, 1.165) is 32.1 Å². The molecule has 1 heterocycles. The maximum absolute atomic E-state index is 13.1. The number of carbonyl (C=O) groups is 1. The highest BCUT2D eigenvalue weighted by molar-refractivity contribution is 5.76. The first-order valence-corrected chi connectivity index (χ1v) is 6.10. The minimum Gasteiger partial charge on any atom is -0.369 e. The van der Waals surface area contributed by atoms with E-state index in [1.54, 1.807) is 0 Å². The Bertz CT molecular complexity index is 427. The summed E-state index contributed by atoms with van der Waals surface area (Å²) in [7, 11) is 0. The topological polar surface area (TPSA) is 73.8 Å². The molecule has 7 heteroatoms. The molecule has 5 nitrogen and oxygen atoms in total. The highest BCUT2D eigenvalue weighted by Gasteiger charge is 2.27. The van der Waals surface area contributed by atoms with E-state index in [9.17, 15) is 13.6 Å². The average Bonchev–Trinajstić information content (AvgIpc) is 2.73. The fourth-order valence-electron chi connectivity index (χ4n) is 2.45. The molecule has 1 aliphatic carbocycles. The van der Waals surface area contributed by atoms with E-state index >= 15 is 0 Å². The van der Waals surface area contributed by atoms with Gasteiger partial charge in [-0.15, -0.1) is 5.10 Å². The predicted molar refractivity (Wildman–Crippen MR) is 60.0 cm³/mol. The van der Waals surface area contributed by atoms with Crippen molar-refractivity contribution in [3.05, 3.63) is 11.4 Å². The van der Waals surface area contributed by atoms with Crippen LogP contribution in [0.2, 0.25) is 0 Å². The summed E-state index contributed by atoms with van der Waals surface area (Å²) >= 11 is 0. The number of amides is 1. The Morgan fingerprint density at radius 3 is 2.61 bits per heavy atom. The van der Waals surface area contributed by atoms with Crippen molar-refractivity contribution in [2.75, 3.05) is 0 Å². The Morgan fingerprint density at radius 1 is 1.39 bits per heavy atom. The van der Waals surface area contributed by atoms with E-state index in [1.807, 2.05) is 0 Å². The van der Waals surface area contributed by atoms with E-state index in [2.05, 4.69) is 10.3 Å². The number of aromatic nitrogens is 3. The molecule has 0 unspecified atom stereocenters. The molecule has 1 aromatic heterocycles. The van der Waals surface area contributed by atoms with Gasteiger partial charge in [0.15, 0.2) is 0 Å². The molecule has 0 bridgehead atoms. The van der Waals surface area contributed by atoms with Gasteiger partial charge in [0, 0.05) is 0 Å². The Labute approximate surface area is 103 Å². The van der Waals surface area contributed by atoms with Crippen LogP contribution in [0.5, 0.6) is 0 Å². The van der Waals surface area contributed by atoms with Gasteiger partial charge in [-0.3, -0.25) is 4.79 Å². The van der Waals surface area contributed by atoms with Gasteiger partial charge in [0.2, 0.25) is 5.91 Å². The van der Waals surface area contributed by atoms with Crippen molar-refractivity contribution in [3.63, 3.8) is 0 Å². The molecule has 0 atom stereocenters. The molecule has 1 saturated carbocycles. The lowest BCUT2D eigenvalue weighted by Crippen LogP contribution is -2.19. The predicted octanol–water partition coefficient (Wildman–Crippen LogP) is 1.75. The molecule has 0 radical (unpaired) electrons. The molecule has 18 heavy (non-hydrogen) atoms. The van der Waals surface area contributed by atoms with Crippen LogP contribution in [0.4, 0.5) is 8.78 Å². The first kappa shape index (κ1) is 12.9. The van der Waals surface area contributed by atoms with E-state index in [0.29, 0.717) is 0 Å². The maximum atomic E-state index is 13.1.